The average molecular weight is 459 g/mol. The van der Waals surface area contributed by atoms with E-state index in [1.165, 1.54) is 30.3 Å². The Morgan fingerprint density at radius 1 is 1.10 bits per heavy atom. The number of nitrogens with one attached hydrogen (secondary N) is 1. The van der Waals surface area contributed by atoms with Crippen molar-refractivity contribution in [2.45, 2.75) is 63.1 Å². The lowest BCUT2D eigenvalue weighted by Gasteiger charge is -2.35. The molecule has 170 valence electrons. The smallest absolute Gasteiger partial charge is 0.378 e. The highest BCUT2D eigenvalue weighted by Gasteiger charge is 2.47. The van der Waals surface area contributed by atoms with Crippen LogP contribution in [0.5, 0.6) is 0 Å². The molecule has 2 aromatic rings. The normalized spacial score (nSPS) is 19.0. The number of aliphatic hydroxyl groups excluding tert-OH is 1. The standard InChI is InChI=1S/C22H26F4N2O2S/c1-20(2,3)31(30)28-21(4,14-7-8-14)15-11-17(13-5-9-16(23)10-6-13)27-18(12-15)19(29)22(24,25)26/h5-6,9-12,14,19,28-29H,7-8H2,1-4H3. The summed E-state index contributed by atoms with van der Waals surface area (Å²) >= 11 is 0. The van der Waals surface area contributed by atoms with Gasteiger partial charge in [0.2, 0.25) is 0 Å². The number of rotatable bonds is 6. The van der Waals surface area contributed by atoms with Crippen molar-refractivity contribution in [2.24, 2.45) is 5.92 Å². The van der Waals surface area contributed by atoms with Gasteiger partial charge in [0.05, 0.1) is 32.7 Å². The van der Waals surface area contributed by atoms with Crippen LogP contribution in [0.4, 0.5) is 17.6 Å². The Morgan fingerprint density at radius 2 is 1.68 bits per heavy atom. The number of hydrogen-bond acceptors (Lipinski definition) is 3. The number of aromatic nitrogens is 1. The molecule has 1 saturated carbocycles. The lowest BCUT2D eigenvalue weighted by molar-refractivity contribution is -0.207. The quantitative estimate of drug-likeness (QED) is 0.588. The van der Waals surface area contributed by atoms with Gasteiger partial charge < -0.3 is 5.11 Å². The third-order valence-electron chi connectivity index (χ3n) is 5.43. The molecule has 3 unspecified atom stereocenters. The van der Waals surface area contributed by atoms with Gasteiger partial charge in [0.1, 0.15) is 5.82 Å². The van der Waals surface area contributed by atoms with Crippen LogP contribution in [-0.2, 0) is 16.5 Å². The molecule has 0 spiro atoms. The highest BCUT2D eigenvalue weighted by molar-refractivity contribution is 7.84. The van der Waals surface area contributed by atoms with E-state index >= 15 is 0 Å². The van der Waals surface area contributed by atoms with Gasteiger partial charge in [-0.2, -0.15) is 13.2 Å². The summed E-state index contributed by atoms with van der Waals surface area (Å²) in [6.45, 7) is 7.22. The van der Waals surface area contributed by atoms with Crippen molar-refractivity contribution in [3.63, 3.8) is 0 Å². The molecule has 2 N–H and O–H groups in total. The zero-order valence-electron chi connectivity index (χ0n) is 17.8. The minimum atomic E-state index is -4.90. The van der Waals surface area contributed by atoms with Crippen molar-refractivity contribution in [1.29, 1.82) is 0 Å². The molecule has 1 fully saturated rings. The predicted octanol–water partition coefficient (Wildman–Crippen LogP) is 5.16. The molecule has 1 aliphatic carbocycles. The minimum Gasteiger partial charge on any atom is -0.378 e. The van der Waals surface area contributed by atoms with E-state index in [1.54, 1.807) is 26.8 Å². The number of halogens is 4. The maximum Gasteiger partial charge on any atom is 0.420 e. The molecule has 1 heterocycles. The Morgan fingerprint density at radius 3 is 2.16 bits per heavy atom. The van der Waals surface area contributed by atoms with Crippen LogP contribution in [0.2, 0.25) is 0 Å². The van der Waals surface area contributed by atoms with E-state index in [1.807, 2.05) is 6.92 Å². The van der Waals surface area contributed by atoms with Crippen LogP contribution in [0.25, 0.3) is 11.3 Å². The van der Waals surface area contributed by atoms with Gasteiger partial charge in [0, 0.05) is 5.56 Å². The Bertz CT molecular complexity index is 969. The van der Waals surface area contributed by atoms with Gasteiger partial charge >= 0.3 is 6.18 Å². The predicted molar refractivity (Wildman–Crippen MR) is 112 cm³/mol. The van der Waals surface area contributed by atoms with Gasteiger partial charge in [-0.3, -0.25) is 0 Å². The van der Waals surface area contributed by atoms with Crippen LogP contribution in [0.1, 0.15) is 57.9 Å². The van der Waals surface area contributed by atoms with Gasteiger partial charge in [-0.1, -0.05) is 0 Å². The van der Waals surface area contributed by atoms with Crippen molar-refractivity contribution < 1.29 is 26.9 Å². The fourth-order valence-corrected chi connectivity index (χ4v) is 4.29. The Kier molecular flexibility index (Phi) is 6.34. The van der Waals surface area contributed by atoms with Crippen LogP contribution in [-0.4, -0.2) is 25.2 Å². The molecular formula is C22H26F4N2O2S. The molecular weight excluding hydrogens is 432 g/mol. The highest BCUT2D eigenvalue weighted by Crippen LogP contribution is 2.47. The summed E-state index contributed by atoms with van der Waals surface area (Å²) in [5.74, 6) is -0.418. The lowest BCUT2D eigenvalue weighted by atomic mass is 9.86. The second-order valence-electron chi connectivity index (χ2n) is 9.08. The number of pyridine rings is 1. The molecule has 1 aliphatic rings. The molecule has 0 radical (unpaired) electrons. The second-order valence-corrected chi connectivity index (χ2v) is 11.0. The first-order chi connectivity index (χ1) is 14.2. The van der Waals surface area contributed by atoms with Crippen LogP contribution in [0.3, 0.4) is 0 Å². The molecule has 4 nitrogen and oxygen atoms in total. The van der Waals surface area contributed by atoms with Crippen molar-refractivity contribution >= 4 is 11.0 Å². The maximum absolute atomic E-state index is 13.4. The summed E-state index contributed by atoms with van der Waals surface area (Å²) in [5.41, 5.74) is -0.421. The van der Waals surface area contributed by atoms with Gasteiger partial charge in [0.15, 0.2) is 6.10 Å². The average Bonchev–Trinajstić information content (AvgIpc) is 3.51. The highest BCUT2D eigenvalue weighted by atomic mass is 32.2. The summed E-state index contributed by atoms with van der Waals surface area (Å²) < 4.78 is 68.6. The van der Waals surface area contributed by atoms with Gasteiger partial charge in [0.25, 0.3) is 0 Å². The molecule has 9 heteroatoms. The number of nitrogens with zero attached hydrogens (tertiary/aromatic N) is 1. The first-order valence-corrected chi connectivity index (χ1v) is 11.1. The van der Waals surface area contributed by atoms with E-state index in [2.05, 4.69) is 9.71 Å². The zero-order chi connectivity index (χ0) is 23.2. The third kappa shape index (κ3) is 5.32. The first-order valence-electron chi connectivity index (χ1n) is 9.94. The van der Waals surface area contributed by atoms with Crippen molar-refractivity contribution in [3.8, 4) is 11.3 Å². The summed E-state index contributed by atoms with van der Waals surface area (Å²) in [6, 6.07) is 8.05. The first kappa shape index (κ1) is 23.8. The van der Waals surface area contributed by atoms with E-state index in [-0.39, 0.29) is 11.6 Å². The third-order valence-corrected chi connectivity index (χ3v) is 7.15. The molecule has 3 atom stereocenters. The van der Waals surface area contributed by atoms with Crippen molar-refractivity contribution in [3.05, 3.63) is 53.5 Å². The Labute approximate surface area is 181 Å². The molecule has 0 bridgehead atoms. The molecule has 1 aromatic carbocycles. The molecule has 0 amide bonds. The SMILES string of the molecule is CC(NS(=O)C(C)(C)C)(c1cc(-c2ccc(F)cc2)nc(C(O)C(F)(F)F)c1)C1CC1. The number of aliphatic hydroxyl groups is 1. The summed E-state index contributed by atoms with van der Waals surface area (Å²) in [7, 11) is -1.48. The molecule has 0 aliphatic heterocycles. The van der Waals surface area contributed by atoms with Crippen LogP contribution < -0.4 is 4.72 Å². The summed E-state index contributed by atoms with van der Waals surface area (Å²) in [5, 5.41) is 9.90. The maximum atomic E-state index is 13.4. The van der Waals surface area contributed by atoms with E-state index in [9.17, 15) is 26.9 Å². The fraction of sp³-hybridized carbons (Fsp3) is 0.500. The molecule has 0 saturated heterocycles. The number of benzene rings is 1. The minimum absolute atomic E-state index is 0.0677. The molecule has 31 heavy (non-hydrogen) atoms. The van der Waals surface area contributed by atoms with E-state index in [4.69, 9.17) is 0 Å². The lowest BCUT2D eigenvalue weighted by Crippen LogP contribution is -2.47. The van der Waals surface area contributed by atoms with Crippen LogP contribution >= 0.6 is 0 Å². The zero-order valence-corrected chi connectivity index (χ0v) is 18.6. The van der Waals surface area contributed by atoms with Gasteiger partial charge in [-0.05, 0) is 88.4 Å². The topological polar surface area (TPSA) is 62.2 Å². The van der Waals surface area contributed by atoms with Gasteiger partial charge in [-0.25, -0.2) is 18.3 Å². The van der Waals surface area contributed by atoms with E-state index in [0.29, 0.717) is 11.1 Å². The number of hydrogen-bond donors (Lipinski definition) is 2. The Balaban J connectivity index is 2.16. The largest absolute Gasteiger partial charge is 0.420 e. The second kappa shape index (κ2) is 8.26. The number of alkyl halides is 3. The van der Waals surface area contributed by atoms with Crippen LogP contribution in [0, 0.1) is 11.7 Å². The van der Waals surface area contributed by atoms with Crippen molar-refractivity contribution in [2.75, 3.05) is 0 Å². The fourth-order valence-electron chi connectivity index (χ4n) is 3.31. The summed E-state index contributed by atoms with van der Waals surface area (Å²) in [6.07, 6.45) is -6.02. The van der Waals surface area contributed by atoms with Gasteiger partial charge in [-0.15, -0.1) is 0 Å². The molecule has 1 aromatic heterocycles. The Hall–Kier alpha value is -1.84. The van der Waals surface area contributed by atoms with E-state index < -0.39 is 45.1 Å². The summed E-state index contributed by atoms with van der Waals surface area (Å²) in [4.78, 5) is 4.02. The van der Waals surface area contributed by atoms with Crippen LogP contribution in [0.15, 0.2) is 36.4 Å². The molecule has 3 rings (SSSR count). The monoisotopic (exact) mass is 458 g/mol. The van der Waals surface area contributed by atoms with Crippen molar-refractivity contribution in [1.82, 2.24) is 9.71 Å². The van der Waals surface area contributed by atoms with E-state index in [0.717, 1.165) is 12.8 Å².